The van der Waals surface area contributed by atoms with Crippen molar-refractivity contribution in [1.29, 1.82) is 0 Å². The van der Waals surface area contributed by atoms with E-state index in [9.17, 15) is 9.59 Å². The van der Waals surface area contributed by atoms with Crippen LogP contribution in [0.1, 0.15) is 36.8 Å². The lowest BCUT2D eigenvalue weighted by Gasteiger charge is -2.40. The predicted molar refractivity (Wildman–Crippen MR) is 126 cm³/mol. The Labute approximate surface area is 190 Å². The maximum absolute atomic E-state index is 12.1. The first-order valence-electron chi connectivity index (χ1n) is 12.0. The SMILES string of the molecule is O=C1CCN(C2CCN(CCCN3c4ccccc4CCc4ccccc43)CC2)C(=O)N1. The first kappa shape index (κ1) is 21.0. The van der Waals surface area contributed by atoms with E-state index in [1.165, 1.54) is 22.5 Å². The maximum atomic E-state index is 12.1. The molecule has 0 aliphatic carbocycles. The Morgan fingerprint density at radius 2 is 1.41 bits per heavy atom. The van der Waals surface area contributed by atoms with E-state index in [-0.39, 0.29) is 18.0 Å². The molecule has 6 heteroatoms. The molecule has 2 fully saturated rings. The van der Waals surface area contributed by atoms with Gasteiger partial charge in [0.1, 0.15) is 0 Å². The Balaban J connectivity index is 1.18. The summed E-state index contributed by atoms with van der Waals surface area (Å²) in [7, 11) is 0. The first-order chi connectivity index (χ1) is 15.7. The van der Waals surface area contributed by atoms with Gasteiger partial charge in [-0.3, -0.25) is 10.1 Å². The standard InChI is InChI=1S/C26H32N4O2/c31-25-14-19-29(26(32)27-25)22-12-17-28(18-13-22)15-5-16-30-23-8-3-1-6-20(23)10-11-21-7-2-4-9-24(21)30/h1-4,6-9,22H,5,10-19H2,(H,27,31,32). The van der Waals surface area contributed by atoms with E-state index in [4.69, 9.17) is 0 Å². The van der Waals surface area contributed by atoms with Crippen molar-refractivity contribution in [2.45, 2.75) is 44.6 Å². The summed E-state index contributed by atoms with van der Waals surface area (Å²) in [5, 5.41) is 2.46. The third-order valence-corrected chi connectivity index (χ3v) is 7.17. The number of aryl methyl sites for hydroxylation is 2. The van der Waals surface area contributed by atoms with Gasteiger partial charge in [0, 0.05) is 50.0 Å². The van der Waals surface area contributed by atoms with Gasteiger partial charge in [-0.15, -0.1) is 0 Å². The lowest BCUT2D eigenvalue weighted by molar-refractivity contribution is -0.121. The highest BCUT2D eigenvalue weighted by Gasteiger charge is 2.31. The highest BCUT2D eigenvalue weighted by molar-refractivity contribution is 5.96. The van der Waals surface area contributed by atoms with Crippen LogP contribution < -0.4 is 10.2 Å². The number of likely N-dealkylation sites (tertiary alicyclic amines) is 1. The molecule has 32 heavy (non-hydrogen) atoms. The average molecular weight is 433 g/mol. The van der Waals surface area contributed by atoms with Crippen LogP contribution in [0.3, 0.4) is 0 Å². The van der Waals surface area contributed by atoms with E-state index in [2.05, 4.69) is 63.6 Å². The van der Waals surface area contributed by atoms with Crippen molar-refractivity contribution in [3.8, 4) is 0 Å². The summed E-state index contributed by atoms with van der Waals surface area (Å²) in [6, 6.07) is 17.7. The molecule has 6 nitrogen and oxygen atoms in total. The molecule has 168 valence electrons. The van der Waals surface area contributed by atoms with Crippen LogP contribution >= 0.6 is 0 Å². The molecule has 0 unspecified atom stereocenters. The fraction of sp³-hybridized carbons (Fsp3) is 0.462. The topological polar surface area (TPSA) is 55.9 Å². The van der Waals surface area contributed by atoms with Crippen LogP contribution in [0.5, 0.6) is 0 Å². The van der Waals surface area contributed by atoms with Crippen molar-refractivity contribution < 1.29 is 9.59 Å². The lowest BCUT2D eigenvalue weighted by atomic mass is 10.0. The van der Waals surface area contributed by atoms with Crippen molar-refractivity contribution in [2.75, 3.05) is 37.6 Å². The van der Waals surface area contributed by atoms with Crippen LogP contribution in [0.4, 0.5) is 16.2 Å². The number of fused-ring (bicyclic) bond motifs is 2. The Morgan fingerprint density at radius 3 is 2.03 bits per heavy atom. The number of carbonyl (C=O) groups is 2. The number of nitrogens with zero attached hydrogens (tertiary/aromatic N) is 3. The molecule has 5 rings (SSSR count). The molecule has 0 atom stereocenters. The van der Waals surface area contributed by atoms with E-state index in [0.717, 1.165) is 58.3 Å². The summed E-state index contributed by atoms with van der Waals surface area (Å²) in [6.07, 6.45) is 5.67. The number of hydrogen-bond donors (Lipinski definition) is 1. The van der Waals surface area contributed by atoms with Gasteiger partial charge in [0.05, 0.1) is 0 Å². The molecule has 0 spiro atoms. The maximum Gasteiger partial charge on any atom is 0.324 e. The number of nitrogens with one attached hydrogen (secondary N) is 1. The number of imide groups is 1. The zero-order valence-electron chi connectivity index (χ0n) is 18.6. The molecule has 3 aliphatic heterocycles. The highest BCUT2D eigenvalue weighted by Crippen LogP contribution is 2.36. The minimum absolute atomic E-state index is 0.152. The van der Waals surface area contributed by atoms with Crippen molar-refractivity contribution in [3.05, 3.63) is 59.7 Å². The van der Waals surface area contributed by atoms with Gasteiger partial charge in [0.15, 0.2) is 0 Å². The molecule has 3 amide bonds. The van der Waals surface area contributed by atoms with E-state index in [1.807, 2.05) is 4.90 Å². The second-order valence-corrected chi connectivity index (χ2v) is 9.13. The number of amides is 3. The second kappa shape index (κ2) is 9.33. The van der Waals surface area contributed by atoms with Gasteiger partial charge < -0.3 is 14.7 Å². The third kappa shape index (κ3) is 4.37. The summed E-state index contributed by atoms with van der Waals surface area (Å²) in [6.45, 7) is 4.65. The normalized spacial score (nSPS) is 19.9. The summed E-state index contributed by atoms with van der Waals surface area (Å²) >= 11 is 0. The molecular formula is C26H32N4O2. The van der Waals surface area contributed by atoms with Gasteiger partial charge in [-0.2, -0.15) is 0 Å². The molecule has 2 aromatic carbocycles. The largest absolute Gasteiger partial charge is 0.341 e. The Kier molecular flexibility index (Phi) is 6.12. The van der Waals surface area contributed by atoms with Crippen LogP contribution in [0, 0.1) is 0 Å². The van der Waals surface area contributed by atoms with Crippen molar-refractivity contribution in [1.82, 2.24) is 15.1 Å². The molecule has 3 heterocycles. The fourth-order valence-electron chi connectivity index (χ4n) is 5.44. The van der Waals surface area contributed by atoms with E-state index in [1.54, 1.807) is 0 Å². The zero-order valence-corrected chi connectivity index (χ0v) is 18.6. The quantitative estimate of drug-likeness (QED) is 0.783. The van der Waals surface area contributed by atoms with E-state index < -0.39 is 0 Å². The predicted octanol–water partition coefficient (Wildman–Crippen LogP) is 3.72. The fourth-order valence-corrected chi connectivity index (χ4v) is 5.44. The number of hydrogen-bond acceptors (Lipinski definition) is 4. The minimum Gasteiger partial charge on any atom is -0.341 e. The van der Waals surface area contributed by atoms with Crippen LogP contribution in [0.25, 0.3) is 0 Å². The molecule has 0 aromatic heterocycles. The molecule has 2 aromatic rings. The van der Waals surface area contributed by atoms with E-state index in [0.29, 0.717) is 13.0 Å². The summed E-state index contributed by atoms with van der Waals surface area (Å²) in [5.74, 6) is -0.152. The minimum atomic E-state index is -0.210. The Morgan fingerprint density at radius 1 is 0.781 bits per heavy atom. The van der Waals surface area contributed by atoms with Crippen LogP contribution in [0.15, 0.2) is 48.5 Å². The zero-order chi connectivity index (χ0) is 21.9. The molecule has 0 saturated carbocycles. The smallest absolute Gasteiger partial charge is 0.324 e. The van der Waals surface area contributed by atoms with Gasteiger partial charge in [0.25, 0.3) is 0 Å². The Hall–Kier alpha value is -2.86. The van der Waals surface area contributed by atoms with Gasteiger partial charge >= 0.3 is 6.03 Å². The van der Waals surface area contributed by atoms with Gasteiger partial charge in [-0.05, 0) is 61.9 Å². The molecular weight excluding hydrogens is 400 g/mol. The molecule has 0 bridgehead atoms. The third-order valence-electron chi connectivity index (χ3n) is 7.17. The van der Waals surface area contributed by atoms with Gasteiger partial charge in [-0.1, -0.05) is 36.4 Å². The average Bonchev–Trinajstić information content (AvgIpc) is 2.97. The van der Waals surface area contributed by atoms with Crippen LogP contribution in [0.2, 0.25) is 0 Å². The highest BCUT2D eigenvalue weighted by atomic mass is 16.2. The van der Waals surface area contributed by atoms with Crippen molar-refractivity contribution in [2.24, 2.45) is 0 Å². The molecule has 3 aliphatic rings. The summed E-state index contributed by atoms with van der Waals surface area (Å²) in [5.41, 5.74) is 5.56. The number of anilines is 2. The molecule has 0 radical (unpaired) electrons. The molecule has 2 saturated heterocycles. The second-order valence-electron chi connectivity index (χ2n) is 9.13. The monoisotopic (exact) mass is 432 g/mol. The van der Waals surface area contributed by atoms with Gasteiger partial charge in [0.2, 0.25) is 5.91 Å². The number of carbonyl (C=O) groups excluding carboxylic acids is 2. The number of rotatable bonds is 5. The van der Waals surface area contributed by atoms with Gasteiger partial charge in [-0.25, -0.2) is 4.79 Å². The van der Waals surface area contributed by atoms with Crippen LogP contribution in [-0.4, -0.2) is 60.5 Å². The number of urea groups is 1. The summed E-state index contributed by atoms with van der Waals surface area (Å²) in [4.78, 5) is 30.4. The van der Waals surface area contributed by atoms with Crippen LogP contribution in [-0.2, 0) is 17.6 Å². The lowest BCUT2D eigenvalue weighted by Crippen LogP contribution is -2.56. The number of piperidine rings is 1. The van der Waals surface area contributed by atoms with Crippen molar-refractivity contribution >= 4 is 23.3 Å². The Bertz CT molecular complexity index is 936. The molecule has 1 N–H and O–H groups in total. The number of para-hydroxylation sites is 2. The number of benzene rings is 2. The summed E-state index contributed by atoms with van der Waals surface area (Å²) < 4.78 is 0. The van der Waals surface area contributed by atoms with Crippen molar-refractivity contribution in [3.63, 3.8) is 0 Å². The first-order valence-corrected chi connectivity index (χ1v) is 12.0. The van der Waals surface area contributed by atoms with E-state index >= 15 is 0 Å².